The fourth-order valence-electron chi connectivity index (χ4n) is 3.99. The van der Waals surface area contributed by atoms with Crippen LogP contribution in [0, 0.1) is 6.92 Å². The van der Waals surface area contributed by atoms with Gasteiger partial charge in [0.2, 0.25) is 5.75 Å². The molecule has 158 valence electrons. The Balaban J connectivity index is 1.99. The maximum Gasteiger partial charge on any atom is 0.251 e. The molecular weight excluding hydrogens is 378 g/mol. The largest absolute Gasteiger partial charge is 0.493 e. The number of carbonyl (C=O) groups is 1. The van der Waals surface area contributed by atoms with Crippen LogP contribution in [0.25, 0.3) is 11.6 Å². The number of rotatable bonds is 5. The Hall–Kier alpha value is -3.21. The molecule has 0 aliphatic carbocycles. The van der Waals surface area contributed by atoms with Crippen molar-refractivity contribution in [3.05, 3.63) is 59.2 Å². The van der Waals surface area contributed by atoms with E-state index in [0.29, 0.717) is 17.2 Å². The second kappa shape index (κ2) is 8.27. The van der Waals surface area contributed by atoms with Gasteiger partial charge in [-0.1, -0.05) is 17.7 Å². The third kappa shape index (κ3) is 3.92. The summed E-state index contributed by atoms with van der Waals surface area (Å²) in [5.41, 5.74) is 4.69. The zero-order chi connectivity index (χ0) is 22.1. The van der Waals surface area contributed by atoms with Gasteiger partial charge in [-0.3, -0.25) is 9.69 Å². The highest BCUT2D eigenvalue weighted by Gasteiger charge is 2.34. The number of carbonyl (C=O) groups excluding carboxylic acids is 1. The van der Waals surface area contributed by atoms with E-state index < -0.39 is 5.54 Å². The molecule has 0 fully saturated rings. The molecule has 0 spiro atoms. The van der Waals surface area contributed by atoms with Gasteiger partial charge in [0.15, 0.2) is 11.5 Å². The van der Waals surface area contributed by atoms with Gasteiger partial charge in [0, 0.05) is 11.6 Å². The number of fused-ring (bicyclic) bond motifs is 1. The van der Waals surface area contributed by atoms with Crippen molar-refractivity contribution in [1.82, 2.24) is 0 Å². The molecule has 1 amide bonds. The fraction of sp³-hybridized carbons (Fsp3) is 0.320. The summed E-state index contributed by atoms with van der Waals surface area (Å²) in [6.07, 6.45) is 5.49. The molecule has 0 aromatic heterocycles. The van der Waals surface area contributed by atoms with Gasteiger partial charge >= 0.3 is 0 Å². The van der Waals surface area contributed by atoms with Gasteiger partial charge in [-0.15, -0.1) is 0 Å². The number of hydrogen-bond donors (Lipinski definition) is 0. The van der Waals surface area contributed by atoms with Crippen LogP contribution in [0.5, 0.6) is 17.2 Å². The number of benzene rings is 2. The van der Waals surface area contributed by atoms with Crippen LogP contribution in [0.3, 0.4) is 0 Å². The summed E-state index contributed by atoms with van der Waals surface area (Å²) in [5.74, 6) is 1.51. The van der Waals surface area contributed by atoms with Crippen LogP contribution in [-0.2, 0) is 4.79 Å². The lowest BCUT2D eigenvalue weighted by molar-refractivity contribution is -0.114. The smallest absolute Gasteiger partial charge is 0.251 e. The first kappa shape index (κ1) is 21.5. The van der Waals surface area contributed by atoms with Gasteiger partial charge in [0.05, 0.1) is 32.6 Å². The van der Waals surface area contributed by atoms with Crippen LogP contribution in [0.2, 0.25) is 0 Å². The Morgan fingerprint density at radius 2 is 1.60 bits per heavy atom. The molecule has 0 saturated carbocycles. The molecule has 1 aliphatic rings. The van der Waals surface area contributed by atoms with Gasteiger partial charge < -0.3 is 14.2 Å². The van der Waals surface area contributed by atoms with E-state index in [1.807, 2.05) is 43.0 Å². The topological polar surface area (TPSA) is 48.0 Å². The first-order chi connectivity index (χ1) is 14.2. The lowest BCUT2D eigenvalue weighted by atomic mass is 9.88. The maximum absolute atomic E-state index is 13.3. The summed E-state index contributed by atoms with van der Waals surface area (Å²) in [7, 11) is 4.70. The minimum atomic E-state index is -0.441. The molecule has 0 saturated heterocycles. The van der Waals surface area contributed by atoms with Crippen molar-refractivity contribution in [1.29, 1.82) is 0 Å². The zero-order valence-corrected chi connectivity index (χ0v) is 18.7. The first-order valence-corrected chi connectivity index (χ1v) is 9.84. The molecule has 2 aromatic carbocycles. The van der Waals surface area contributed by atoms with E-state index >= 15 is 0 Å². The fourth-order valence-corrected chi connectivity index (χ4v) is 3.99. The number of nitrogens with zero attached hydrogens (tertiary/aromatic N) is 1. The number of amides is 1. The van der Waals surface area contributed by atoms with Crippen molar-refractivity contribution >= 4 is 23.2 Å². The first-order valence-electron chi connectivity index (χ1n) is 9.84. The van der Waals surface area contributed by atoms with E-state index in [2.05, 4.69) is 26.0 Å². The highest BCUT2D eigenvalue weighted by atomic mass is 16.5. The van der Waals surface area contributed by atoms with Gasteiger partial charge in [-0.05, 0) is 69.2 Å². The predicted octanol–water partition coefficient (Wildman–Crippen LogP) is 5.26. The summed E-state index contributed by atoms with van der Waals surface area (Å²) >= 11 is 0. The molecule has 2 aromatic rings. The van der Waals surface area contributed by atoms with Gasteiger partial charge in [-0.25, -0.2) is 0 Å². The predicted molar refractivity (Wildman–Crippen MR) is 122 cm³/mol. The standard InChI is InChI=1S/C25H29NO4/c1-16-8-10-20-19(12-16)17(2)15-25(3,4)26(20)23(27)11-9-18-13-21(28-5)24(30-7)22(14-18)29-6/h8-15H,1-7H3. The molecule has 5 heteroatoms. The molecule has 3 rings (SSSR count). The number of anilines is 1. The third-order valence-corrected chi connectivity index (χ3v) is 5.29. The van der Waals surface area contributed by atoms with E-state index in [-0.39, 0.29) is 5.91 Å². The van der Waals surface area contributed by atoms with E-state index in [4.69, 9.17) is 14.2 Å². The molecule has 30 heavy (non-hydrogen) atoms. The summed E-state index contributed by atoms with van der Waals surface area (Å²) in [6, 6.07) is 9.81. The Bertz CT molecular complexity index is 1010. The van der Waals surface area contributed by atoms with Crippen LogP contribution in [-0.4, -0.2) is 32.8 Å². The van der Waals surface area contributed by atoms with E-state index in [1.165, 1.54) is 11.1 Å². The Morgan fingerprint density at radius 3 is 2.17 bits per heavy atom. The van der Waals surface area contributed by atoms with Crippen LogP contribution >= 0.6 is 0 Å². The SMILES string of the molecule is COc1cc(C=CC(=O)N2c3ccc(C)cc3C(C)=CC2(C)C)cc(OC)c1OC. The number of aryl methyl sites for hydroxylation is 1. The number of allylic oxidation sites excluding steroid dienone is 1. The quantitative estimate of drug-likeness (QED) is 0.634. The molecule has 0 radical (unpaired) electrons. The molecule has 0 bridgehead atoms. The maximum atomic E-state index is 13.3. The van der Waals surface area contributed by atoms with Crippen LogP contribution < -0.4 is 19.1 Å². The number of hydrogen-bond acceptors (Lipinski definition) is 4. The van der Waals surface area contributed by atoms with Gasteiger partial charge in [0.1, 0.15) is 0 Å². The van der Waals surface area contributed by atoms with Crippen LogP contribution in [0.1, 0.15) is 37.5 Å². The van der Waals surface area contributed by atoms with Crippen molar-refractivity contribution in [2.24, 2.45) is 0 Å². The van der Waals surface area contributed by atoms with Crippen molar-refractivity contribution < 1.29 is 19.0 Å². The highest BCUT2D eigenvalue weighted by Crippen LogP contribution is 2.40. The minimum Gasteiger partial charge on any atom is -0.493 e. The second-order valence-corrected chi connectivity index (χ2v) is 7.97. The van der Waals surface area contributed by atoms with E-state index in [0.717, 1.165) is 16.8 Å². The summed E-state index contributed by atoms with van der Waals surface area (Å²) in [5, 5.41) is 0. The molecule has 0 unspecified atom stereocenters. The lowest BCUT2D eigenvalue weighted by Crippen LogP contribution is -2.48. The van der Waals surface area contributed by atoms with Crippen molar-refractivity contribution in [2.75, 3.05) is 26.2 Å². The van der Waals surface area contributed by atoms with Gasteiger partial charge in [-0.2, -0.15) is 0 Å². The minimum absolute atomic E-state index is 0.0948. The Labute approximate surface area is 178 Å². The van der Waals surface area contributed by atoms with Crippen LogP contribution in [0.15, 0.2) is 42.5 Å². The van der Waals surface area contributed by atoms with Crippen molar-refractivity contribution in [3.8, 4) is 17.2 Å². The molecule has 0 atom stereocenters. The monoisotopic (exact) mass is 407 g/mol. The van der Waals surface area contributed by atoms with Gasteiger partial charge in [0.25, 0.3) is 5.91 Å². The van der Waals surface area contributed by atoms with Crippen LogP contribution in [0.4, 0.5) is 5.69 Å². The average molecular weight is 408 g/mol. The number of ether oxygens (including phenoxy) is 3. The Kier molecular flexibility index (Phi) is 5.92. The molecule has 1 heterocycles. The van der Waals surface area contributed by atoms with E-state index in [9.17, 15) is 4.79 Å². The van der Waals surface area contributed by atoms with Crippen molar-refractivity contribution in [2.45, 2.75) is 33.2 Å². The zero-order valence-electron chi connectivity index (χ0n) is 18.7. The summed E-state index contributed by atoms with van der Waals surface area (Å²) in [4.78, 5) is 15.1. The molecule has 0 N–H and O–H groups in total. The molecule has 5 nitrogen and oxygen atoms in total. The number of methoxy groups -OCH3 is 3. The lowest BCUT2D eigenvalue weighted by Gasteiger charge is -2.41. The molecular formula is C25H29NO4. The highest BCUT2D eigenvalue weighted by molar-refractivity contribution is 6.08. The van der Waals surface area contributed by atoms with E-state index in [1.54, 1.807) is 33.5 Å². The average Bonchev–Trinajstić information content (AvgIpc) is 2.71. The second-order valence-electron chi connectivity index (χ2n) is 7.97. The third-order valence-electron chi connectivity index (χ3n) is 5.29. The summed E-state index contributed by atoms with van der Waals surface area (Å²) in [6.45, 7) is 8.24. The summed E-state index contributed by atoms with van der Waals surface area (Å²) < 4.78 is 16.2. The molecule has 1 aliphatic heterocycles. The normalized spacial score (nSPS) is 14.9. The Morgan fingerprint density at radius 1 is 0.967 bits per heavy atom. The van der Waals surface area contributed by atoms with Crippen molar-refractivity contribution in [3.63, 3.8) is 0 Å².